The molecule has 3 atom stereocenters. The first kappa shape index (κ1) is 16.2. The third-order valence-electron chi connectivity index (χ3n) is 4.25. The van der Waals surface area contributed by atoms with Crippen molar-refractivity contribution >= 4 is 18.3 Å². The number of hydrogen-bond acceptors (Lipinski definition) is 2. The van der Waals surface area contributed by atoms with E-state index in [0.29, 0.717) is 18.5 Å². The molecule has 2 unspecified atom stereocenters. The van der Waals surface area contributed by atoms with E-state index in [9.17, 15) is 13.6 Å². The maximum Gasteiger partial charge on any atom is 0.226 e. The molecule has 1 saturated heterocycles. The van der Waals surface area contributed by atoms with Gasteiger partial charge in [0, 0.05) is 31.6 Å². The van der Waals surface area contributed by atoms with E-state index in [1.165, 1.54) is 6.07 Å². The highest BCUT2D eigenvalue weighted by Crippen LogP contribution is 2.49. The van der Waals surface area contributed by atoms with Gasteiger partial charge in [-0.05, 0) is 43.0 Å². The predicted octanol–water partition coefficient (Wildman–Crippen LogP) is 2.31. The lowest BCUT2D eigenvalue weighted by atomic mass is 10.1. The van der Waals surface area contributed by atoms with Crippen molar-refractivity contribution in [3.63, 3.8) is 0 Å². The normalized spacial score (nSPS) is 28.0. The summed E-state index contributed by atoms with van der Waals surface area (Å²) in [4.78, 5) is 14.3. The molecule has 2 aliphatic rings. The van der Waals surface area contributed by atoms with Crippen molar-refractivity contribution in [1.29, 1.82) is 0 Å². The minimum Gasteiger partial charge on any atom is -0.337 e. The predicted molar refractivity (Wildman–Crippen MR) is 78.5 cm³/mol. The van der Waals surface area contributed by atoms with Crippen molar-refractivity contribution in [2.75, 3.05) is 19.6 Å². The quantitative estimate of drug-likeness (QED) is 0.908. The maximum absolute atomic E-state index is 13.7. The van der Waals surface area contributed by atoms with Gasteiger partial charge in [0.15, 0.2) is 0 Å². The second-order valence-electron chi connectivity index (χ2n) is 5.70. The summed E-state index contributed by atoms with van der Waals surface area (Å²) in [6.07, 6.45) is 0.621. The van der Waals surface area contributed by atoms with E-state index in [1.807, 2.05) is 11.8 Å². The summed E-state index contributed by atoms with van der Waals surface area (Å²) in [5.74, 6) is -1.14. The lowest BCUT2D eigenvalue weighted by Crippen LogP contribution is -2.52. The fourth-order valence-corrected chi connectivity index (χ4v) is 2.99. The van der Waals surface area contributed by atoms with Crippen LogP contribution in [0.1, 0.15) is 24.8 Å². The van der Waals surface area contributed by atoms with Crippen LogP contribution in [-0.4, -0.2) is 36.5 Å². The number of rotatable bonds is 2. The van der Waals surface area contributed by atoms with Crippen LogP contribution in [0.15, 0.2) is 18.2 Å². The number of nitrogens with one attached hydrogen (secondary N) is 1. The fourth-order valence-electron chi connectivity index (χ4n) is 2.99. The summed E-state index contributed by atoms with van der Waals surface area (Å²) >= 11 is 0. The van der Waals surface area contributed by atoms with Crippen LogP contribution in [-0.2, 0) is 4.79 Å². The Morgan fingerprint density at radius 3 is 2.86 bits per heavy atom. The zero-order valence-corrected chi connectivity index (χ0v) is 12.6. The average Bonchev–Trinajstić information content (AvgIpc) is 3.21. The molecule has 0 radical (unpaired) electrons. The van der Waals surface area contributed by atoms with Gasteiger partial charge in [-0.3, -0.25) is 4.79 Å². The van der Waals surface area contributed by atoms with Gasteiger partial charge in [-0.15, -0.1) is 12.4 Å². The summed E-state index contributed by atoms with van der Waals surface area (Å²) in [5.41, 5.74) is 0.339. The number of piperazine rings is 1. The first-order valence-electron chi connectivity index (χ1n) is 7.04. The van der Waals surface area contributed by atoms with Crippen molar-refractivity contribution in [3.05, 3.63) is 35.4 Å². The van der Waals surface area contributed by atoms with Crippen molar-refractivity contribution in [2.45, 2.75) is 25.3 Å². The Balaban J connectivity index is 0.00000161. The molecular weight excluding hydrogens is 298 g/mol. The Labute approximate surface area is 129 Å². The molecule has 1 aliphatic carbocycles. The van der Waals surface area contributed by atoms with E-state index >= 15 is 0 Å². The average molecular weight is 317 g/mol. The first-order valence-corrected chi connectivity index (χ1v) is 7.04. The van der Waals surface area contributed by atoms with Gasteiger partial charge in [0.25, 0.3) is 0 Å². The van der Waals surface area contributed by atoms with Crippen LogP contribution in [0.5, 0.6) is 0 Å². The van der Waals surface area contributed by atoms with Crippen LogP contribution in [0.4, 0.5) is 8.78 Å². The third kappa shape index (κ3) is 3.19. The van der Waals surface area contributed by atoms with Crippen molar-refractivity contribution in [3.8, 4) is 0 Å². The van der Waals surface area contributed by atoms with Crippen LogP contribution in [0.2, 0.25) is 0 Å². The summed E-state index contributed by atoms with van der Waals surface area (Å²) < 4.78 is 26.9. The Kier molecular flexibility index (Phi) is 4.84. The van der Waals surface area contributed by atoms with Crippen LogP contribution in [0.3, 0.4) is 0 Å². The van der Waals surface area contributed by atoms with Crippen LogP contribution < -0.4 is 5.32 Å². The largest absolute Gasteiger partial charge is 0.337 e. The van der Waals surface area contributed by atoms with E-state index < -0.39 is 11.6 Å². The van der Waals surface area contributed by atoms with Gasteiger partial charge < -0.3 is 10.2 Å². The molecule has 21 heavy (non-hydrogen) atoms. The Hall–Kier alpha value is -1.20. The van der Waals surface area contributed by atoms with Crippen molar-refractivity contribution in [2.24, 2.45) is 5.92 Å². The molecule has 0 spiro atoms. The SMILES string of the molecule is C[C@H]1CNCCN1C(=O)C1CC1c1cc(F)ccc1F.Cl. The smallest absolute Gasteiger partial charge is 0.226 e. The van der Waals surface area contributed by atoms with E-state index in [2.05, 4.69) is 5.32 Å². The standard InChI is InChI=1S/C15H18F2N2O.ClH/c1-9-8-18-4-5-19(9)15(20)13-7-11(13)12-6-10(16)2-3-14(12)17;/h2-3,6,9,11,13,18H,4-5,7-8H2,1H3;1H/t9-,11?,13?;/m0./s1. The van der Waals surface area contributed by atoms with Gasteiger partial charge >= 0.3 is 0 Å². The topological polar surface area (TPSA) is 32.3 Å². The molecule has 1 aliphatic heterocycles. The van der Waals surface area contributed by atoms with Gasteiger partial charge in [0.05, 0.1) is 0 Å². The van der Waals surface area contributed by atoms with E-state index in [0.717, 1.165) is 25.2 Å². The zero-order valence-electron chi connectivity index (χ0n) is 11.8. The van der Waals surface area contributed by atoms with E-state index in [-0.39, 0.29) is 36.2 Å². The van der Waals surface area contributed by atoms with Gasteiger partial charge in [0.1, 0.15) is 11.6 Å². The highest BCUT2D eigenvalue weighted by Gasteiger charge is 2.47. The van der Waals surface area contributed by atoms with Crippen molar-refractivity contribution < 1.29 is 13.6 Å². The molecule has 1 aromatic rings. The lowest BCUT2D eigenvalue weighted by Gasteiger charge is -2.34. The Bertz CT molecular complexity index is 540. The second-order valence-corrected chi connectivity index (χ2v) is 5.70. The number of halogens is 3. The number of carbonyl (C=O) groups excluding carboxylic acids is 1. The summed E-state index contributed by atoms with van der Waals surface area (Å²) in [7, 11) is 0. The molecule has 2 fully saturated rings. The summed E-state index contributed by atoms with van der Waals surface area (Å²) in [5, 5.41) is 3.23. The lowest BCUT2D eigenvalue weighted by molar-refractivity contribution is -0.135. The van der Waals surface area contributed by atoms with E-state index in [4.69, 9.17) is 0 Å². The van der Waals surface area contributed by atoms with Gasteiger partial charge in [0.2, 0.25) is 5.91 Å². The van der Waals surface area contributed by atoms with Crippen LogP contribution in [0, 0.1) is 17.6 Å². The molecule has 1 heterocycles. The number of amides is 1. The number of hydrogen-bond donors (Lipinski definition) is 1. The molecule has 3 rings (SSSR count). The van der Waals surface area contributed by atoms with Gasteiger partial charge in [-0.25, -0.2) is 8.78 Å². The Morgan fingerprint density at radius 1 is 1.38 bits per heavy atom. The molecule has 1 aromatic carbocycles. The summed E-state index contributed by atoms with van der Waals surface area (Å²) in [6, 6.07) is 3.62. The monoisotopic (exact) mass is 316 g/mol. The highest BCUT2D eigenvalue weighted by molar-refractivity contribution is 5.85. The molecule has 1 N–H and O–H groups in total. The molecule has 1 amide bonds. The van der Waals surface area contributed by atoms with Gasteiger partial charge in [-0.2, -0.15) is 0 Å². The van der Waals surface area contributed by atoms with E-state index in [1.54, 1.807) is 0 Å². The molecule has 1 saturated carbocycles. The second kappa shape index (κ2) is 6.28. The zero-order chi connectivity index (χ0) is 14.3. The number of carbonyl (C=O) groups is 1. The summed E-state index contributed by atoms with van der Waals surface area (Å²) in [6.45, 7) is 4.28. The third-order valence-corrected chi connectivity index (χ3v) is 4.25. The van der Waals surface area contributed by atoms with Crippen LogP contribution >= 0.6 is 12.4 Å². The fraction of sp³-hybridized carbons (Fsp3) is 0.533. The molecule has 3 nitrogen and oxygen atoms in total. The van der Waals surface area contributed by atoms with Crippen molar-refractivity contribution in [1.82, 2.24) is 10.2 Å². The molecular formula is C15H19ClF2N2O. The van der Waals surface area contributed by atoms with Gasteiger partial charge in [-0.1, -0.05) is 0 Å². The minimum atomic E-state index is -0.449. The van der Waals surface area contributed by atoms with Crippen LogP contribution in [0.25, 0.3) is 0 Å². The molecule has 0 bridgehead atoms. The maximum atomic E-state index is 13.7. The first-order chi connectivity index (χ1) is 9.58. The minimum absolute atomic E-state index is 0. The molecule has 116 valence electrons. The molecule has 6 heteroatoms. The highest BCUT2D eigenvalue weighted by atomic mass is 35.5. The Morgan fingerprint density at radius 2 is 2.14 bits per heavy atom. The number of nitrogens with zero attached hydrogens (tertiary/aromatic N) is 1. The number of benzene rings is 1. The molecule has 0 aromatic heterocycles.